The number of aryl methyl sites for hydroxylation is 1. The van der Waals surface area contributed by atoms with Crippen LogP contribution in [0, 0.1) is 12.3 Å². The first-order chi connectivity index (χ1) is 6.65. The molecule has 0 bridgehead atoms. The first-order valence-corrected chi connectivity index (χ1v) is 5.25. The lowest BCUT2D eigenvalue weighted by atomic mass is 9.98. The molecule has 1 aromatic heterocycles. The van der Waals surface area contributed by atoms with Gasteiger partial charge in [0.1, 0.15) is 5.15 Å². The van der Waals surface area contributed by atoms with E-state index in [2.05, 4.69) is 11.1 Å². The molecular weight excluding hydrogens is 198 g/mol. The third-order valence-corrected chi connectivity index (χ3v) is 3.34. The number of nitrogens with zero attached hydrogens (tertiary/aromatic N) is 1. The zero-order valence-electron chi connectivity index (χ0n) is 8.26. The summed E-state index contributed by atoms with van der Waals surface area (Å²) in [5.74, 6) is 0. The first-order valence-electron chi connectivity index (χ1n) is 4.87. The van der Waals surface area contributed by atoms with Crippen LogP contribution < -0.4 is 0 Å². The molecule has 1 fully saturated rings. The Morgan fingerprint density at radius 1 is 1.57 bits per heavy atom. The molecule has 1 N–H and O–H groups in total. The molecule has 14 heavy (non-hydrogen) atoms. The SMILES string of the molecule is Cc1cc(CC2(CO)CC2)cnc1Cl. The summed E-state index contributed by atoms with van der Waals surface area (Å²) in [7, 11) is 0. The second-order valence-corrected chi connectivity index (χ2v) is 4.64. The van der Waals surface area contributed by atoms with Gasteiger partial charge in [0.05, 0.1) is 0 Å². The minimum Gasteiger partial charge on any atom is -0.396 e. The van der Waals surface area contributed by atoms with E-state index in [0.29, 0.717) is 5.15 Å². The molecule has 1 aliphatic carbocycles. The van der Waals surface area contributed by atoms with Crippen molar-refractivity contribution in [1.82, 2.24) is 4.98 Å². The number of aromatic nitrogens is 1. The van der Waals surface area contributed by atoms with Crippen LogP contribution in [0.2, 0.25) is 5.15 Å². The van der Waals surface area contributed by atoms with Crippen LogP contribution in [0.3, 0.4) is 0 Å². The molecule has 3 heteroatoms. The Morgan fingerprint density at radius 2 is 2.29 bits per heavy atom. The summed E-state index contributed by atoms with van der Waals surface area (Å²) in [6.07, 6.45) is 5.00. The van der Waals surface area contributed by atoms with Crippen molar-refractivity contribution in [2.24, 2.45) is 5.41 Å². The van der Waals surface area contributed by atoms with Crippen molar-refractivity contribution < 1.29 is 5.11 Å². The molecule has 2 rings (SSSR count). The number of aliphatic hydroxyl groups excluding tert-OH is 1. The van der Waals surface area contributed by atoms with Crippen molar-refractivity contribution in [1.29, 1.82) is 0 Å². The lowest BCUT2D eigenvalue weighted by Gasteiger charge is -2.11. The van der Waals surface area contributed by atoms with Gasteiger partial charge in [0.15, 0.2) is 0 Å². The van der Waals surface area contributed by atoms with Crippen LogP contribution in [-0.4, -0.2) is 16.7 Å². The smallest absolute Gasteiger partial charge is 0.131 e. The maximum absolute atomic E-state index is 9.20. The molecular formula is C11H14ClNO. The van der Waals surface area contributed by atoms with Crippen LogP contribution in [0.4, 0.5) is 0 Å². The molecule has 0 atom stereocenters. The standard InChI is InChI=1S/C11H14ClNO/c1-8-4-9(6-13-10(8)12)5-11(7-14)2-3-11/h4,6,14H,2-3,5,7H2,1H3. The third-order valence-electron chi connectivity index (χ3n) is 2.94. The quantitative estimate of drug-likeness (QED) is 0.779. The lowest BCUT2D eigenvalue weighted by molar-refractivity contribution is 0.211. The van der Waals surface area contributed by atoms with Gasteiger partial charge in [-0.1, -0.05) is 17.7 Å². The fourth-order valence-electron chi connectivity index (χ4n) is 1.71. The summed E-state index contributed by atoms with van der Waals surface area (Å²) in [6.45, 7) is 2.24. The molecule has 0 aromatic carbocycles. The summed E-state index contributed by atoms with van der Waals surface area (Å²) >= 11 is 5.84. The molecule has 2 nitrogen and oxygen atoms in total. The Kier molecular flexibility index (Phi) is 2.50. The second kappa shape index (κ2) is 3.52. The average Bonchev–Trinajstić information content (AvgIpc) is 2.93. The highest BCUT2D eigenvalue weighted by atomic mass is 35.5. The van der Waals surface area contributed by atoms with Gasteiger partial charge in [-0.3, -0.25) is 0 Å². The van der Waals surface area contributed by atoms with Gasteiger partial charge in [-0.25, -0.2) is 4.98 Å². The highest BCUT2D eigenvalue weighted by Gasteiger charge is 2.41. The van der Waals surface area contributed by atoms with E-state index < -0.39 is 0 Å². The van der Waals surface area contributed by atoms with E-state index in [4.69, 9.17) is 11.6 Å². The summed E-state index contributed by atoms with van der Waals surface area (Å²) in [4.78, 5) is 4.11. The van der Waals surface area contributed by atoms with E-state index in [9.17, 15) is 5.11 Å². The van der Waals surface area contributed by atoms with E-state index in [0.717, 1.165) is 24.8 Å². The van der Waals surface area contributed by atoms with E-state index >= 15 is 0 Å². The maximum Gasteiger partial charge on any atom is 0.131 e. The minimum absolute atomic E-state index is 0.155. The highest BCUT2D eigenvalue weighted by molar-refractivity contribution is 6.30. The predicted octanol–water partition coefficient (Wildman–Crippen LogP) is 2.36. The third kappa shape index (κ3) is 1.91. The van der Waals surface area contributed by atoms with Crippen LogP contribution in [0.1, 0.15) is 24.0 Å². The number of pyridine rings is 1. The number of halogens is 1. The Morgan fingerprint density at radius 3 is 2.79 bits per heavy atom. The number of aliphatic hydroxyl groups is 1. The second-order valence-electron chi connectivity index (χ2n) is 4.29. The monoisotopic (exact) mass is 211 g/mol. The molecule has 1 aromatic rings. The average molecular weight is 212 g/mol. The molecule has 0 radical (unpaired) electrons. The molecule has 0 amide bonds. The maximum atomic E-state index is 9.20. The van der Waals surface area contributed by atoms with Crippen LogP contribution in [0.15, 0.2) is 12.3 Å². The fraction of sp³-hybridized carbons (Fsp3) is 0.545. The van der Waals surface area contributed by atoms with Crippen molar-refractivity contribution in [3.05, 3.63) is 28.5 Å². The zero-order valence-corrected chi connectivity index (χ0v) is 9.01. The normalized spacial score (nSPS) is 18.2. The van der Waals surface area contributed by atoms with Gasteiger partial charge in [0.25, 0.3) is 0 Å². The largest absolute Gasteiger partial charge is 0.396 e. The predicted molar refractivity (Wildman–Crippen MR) is 56.4 cm³/mol. The topological polar surface area (TPSA) is 33.1 Å². The molecule has 0 saturated heterocycles. The summed E-state index contributed by atoms with van der Waals surface area (Å²) < 4.78 is 0. The van der Waals surface area contributed by atoms with Crippen molar-refractivity contribution in [2.75, 3.05) is 6.61 Å². The summed E-state index contributed by atoms with van der Waals surface area (Å²) in [5, 5.41) is 9.77. The van der Waals surface area contributed by atoms with Gasteiger partial charge < -0.3 is 5.11 Å². The van der Waals surface area contributed by atoms with E-state index in [-0.39, 0.29) is 12.0 Å². The van der Waals surface area contributed by atoms with Crippen LogP contribution >= 0.6 is 11.6 Å². The van der Waals surface area contributed by atoms with E-state index in [1.165, 1.54) is 5.56 Å². The van der Waals surface area contributed by atoms with E-state index in [1.807, 2.05) is 13.1 Å². The van der Waals surface area contributed by atoms with Crippen LogP contribution in [-0.2, 0) is 6.42 Å². The molecule has 1 saturated carbocycles. The Labute approximate surface area is 88.9 Å². The zero-order chi connectivity index (χ0) is 10.2. The molecule has 0 spiro atoms. The van der Waals surface area contributed by atoms with Gasteiger partial charge in [-0.05, 0) is 42.7 Å². The molecule has 0 unspecified atom stereocenters. The Balaban J connectivity index is 2.14. The van der Waals surface area contributed by atoms with Crippen molar-refractivity contribution in [3.8, 4) is 0 Å². The van der Waals surface area contributed by atoms with Crippen LogP contribution in [0.25, 0.3) is 0 Å². The van der Waals surface area contributed by atoms with Gasteiger partial charge in [-0.2, -0.15) is 0 Å². The summed E-state index contributed by atoms with van der Waals surface area (Å²) in [6, 6.07) is 2.06. The number of hydrogen-bond donors (Lipinski definition) is 1. The van der Waals surface area contributed by atoms with E-state index in [1.54, 1.807) is 0 Å². The van der Waals surface area contributed by atoms with Gasteiger partial charge >= 0.3 is 0 Å². The van der Waals surface area contributed by atoms with Gasteiger partial charge in [-0.15, -0.1) is 0 Å². The first kappa shape index (κ1) is 9.94. The van der Waals surface area contributed by atoms with Crippen molar-refractivity contribution in [2.45, 2.75) is 26.2 Å². The highest BCUT2D eigenvalue weighted by Crippen LogP contribution is 2.47. The van der Waals surface area contributed by atoms with Crippen LogP contribution in [0.5, 0.6) is 0 Å². The fourth-order valence-corrected chi connectivity index (χ4v) is 1.82. The molecule has 76 valence electrons. The minimum atomic E-state index is 0.155. The van der Waals surface area contributed by atoms with Gasteiger partial charge in [0.2, 0.25) is 0 Å². The molecule has 0 aliphatic heterocycles. The number of hydrogen-bond acceptors (Lipinski definition) is 2. The summed E-state index contributed by atoms with van der Waals surface area (Å²) in [5.41, 5.74) is 2.35. The van der Waals surface area contributed by atoms with Crippen molar-refractivity contribution in [3.63, 3.8) is 0 Å². The molecule has 1 heterocycles. The van der Waals surface area contributed by atoms with Gasteiger partial charge in [0, 0.05) is 12.8 Å². The molecule has 1 aliphatic rings. The van der Waals surface area contributed by atoms with Crippen molar-refractivity contribution >= 4 is 11.6 Å². The Bertz CT molecular complexity index is 347. The Hall–Kier alpha value is -0.600. The number of rotatable bonds is 3. The lowest BCUT2D eigenvalue weighted by Crippen LogP contribution is -2.10.